The summed E-state index contributed by atoms with van der Waals surface area (Å²) in [5.74, 6) is 0.347. The molecule has 0 unspecified atom stereocenters. The maximum atomic E-state index is 12.1. The van der Waals surface area contributed by atoms with Crippen LogP contribution in [0.15, 0.2) is 47.4 Å². The number of nitrogens with zero attached hydrogens (tertiary/aromatic N) is 1. The largest absolute Gasteiger partial charge is 0.338 e. The Hall–Kier alpha value is -2.56. The number of benzene rings is 1. The van der Waals surface area contributed by atoms with E-state index in [1.54, 1.807) is 22.9 Å². The van der Waals surface area contributed by atoms with Crippen LogP contribution in [-0.4, -0.2) is 17.1 Å². The van der Waals surface area contributed by atoms with Crippen molar-refractivity contribution in [1.82, 2.24) is 9.88 Å². The van der Waals surface area contributed by atoms with Crippen LogP contribution in [0.5, 0.6) is 0 Å². The van der Waals surface area contributed by atoms with Gasteiger partial charge in [0.25, 0.3) is 0 Å². The molecule has 1 aromatic heterocycles. The molecule has 0 aliphatic heterocycles. The molecule has 5 nitrogen and oxygen atoms in total. The van der Waals surface area contributed by atoms with Crippen LogP contribution in [0.25, 0.3) is 0 Å². The quantitative estimate of drug-likeness (QED) is 0.751. The summed E-state index contributed by atoms with van der Waals surface area (Å²) >= 11 is 0. The van der Waals surface area contributed by atoms with Crippen molar-refractivity contribution in [2.24, 2.45) is 0 Å². The minimum Gasteiger partial charge on any atom is -0.338 e. The number of pyridine rings is 1. The highest BCUT2D eigenvalue weighted by atomic mass is 16.2. The second-order valence-corrected chi connectivity index (χ2v) is 6.51. The van der Waals surface area contributed by atoms with Gasteiger partial charge in [-0.2, -0.15) is 0 Å². The molecule has 134 valence electrons. The Labute approximate surface area is 149 Å². The number of hydrogen-bond acceptors (Lipinski definition) is 2. The molecule has 1 heterocycles. The van der Waals surface area contributed by atoms with Crippen molar-refractivity contribution in [3.05, 3.63) is 64.1 Å². The van der Waals surface area contributed by atoms with Crippen molar-refractivity contribution < 1.29 is 4.79 Å². The number of nitrogens with one attached hydrogen (secondary N) is 2. The fourth-order valence-corrected chi connectivity index (χ4v) is 2.75. The standard InChI is InChI=1S/C20H27N3O2/c1-15(2)17-10-8-9-16(3)19(17)22-20(25)21-12-5-7-14-23-13-6-4-11-18(23)24/h4,6,8-11,13,15H,5,7,12,14H2,1-3H3,(H2,21,22,25). The van der Waals surface area contributed by atoms with Crippen molar-refractivity contribution in [3.63, 3.8) is 0 Å². The number of aryl methyl sites for hydroxylation is 2. The zero-order chi connectivity index (χ0) is 18.2. The molecule has 2 aromatic rings. The number of carbonyl (C=O) groups excluding carboxylic acids is 1. The van der Waals surface area contributed by atoms with Crippen LogP contribution in [0.4, 0.5) is 10.5 Å². The van der Waals surface area contributed by atoms with Crippen molar-refractivity contribution in [2.75, 3.05) is 11.9 Å². The summed E-state index contributed by atoms with van der Waals surface area (Å²) in [4.78, 5) is 23.7. The molecule has 1 aromatic carbocycles. The molecule has 0 saturated heterocycles. The topological polar surface area (TPSA) is 63.1 Å². The number of rotatable bonds is 7. The Kier molecular flexibility index (Phi) is 6.81. The Balaban J connectivity index is 1.78. The van der Waals surface area contributed by atoms with Crippen LogP contribution in [0.2, 0.25) is 0 Å². The molecular formula is C20H27N3O2. The highest BCUT2D eigenvalue weighted by molar-refractivity contribution is 5.91. The Morgan fingerprint density at radius 1 is 1.12 bits per heavy atom. The lowest BCUT2D eigenvalue weighted by atomic mass is 9.98. The maximum Gasteiger partial charge on any atom is 0.319 e. The highest BCUT2D eigenvalue weighted by Gasteiger charge is 2.11. The van der Waals surface area contributed by atoms with Crippen LogP contribution in [-0.2, 0) is 6.54 Å². The molecule has 2 rings (SSSR count). The number of unbranched alkanes of at least 4 members (excludes halogenated alkanes) is 1. The van der Waals surface area contributed by atoms with Crippen molar-refractivity contribution >= 4 is 11.7 Å². The molecule has 5 heteroatoms. The number of urea groups is 1. The molecule has 2 amide bonds. The van der Waals surface area contributed by atoms with Gasteiger partial charge in [0, 0.05) is 31.0 Å². The second-order valence-electron chi connectivity index (χ2n) is 6.51. The highest BCUT2D eigenvalue weighted by Crippen LogP contribution is 2.27. The number of carbonyl (C=O) groups is 1. The molecule has 25 heavy (non-hydrogen) atoms. The van der Waals surface area contributed by atoms with E-state index in [-0.39, 0.29) is 11.6 Å². The van der Waals surface area contributed by atoms with E-state index >= 15 is 0 Å². The van der Waals surface area contributed by atoms with E-state index in [9.17, 15) is 9.59 Å². The van der Waals surface area contributed by atoms with Gasteiger partial charge in [0.2, 0.25) is 5.56 Å². The zero-order valence-corrected chi connectivity index (χ0v) is 15.2. The van der Waals surface area contributed by atoms with E-state index in [0.29, 0.717) is 19.0 Å². The first kappa shape index (κ1) is 18.8. The summed E-state index contributed by atoms with van der Waals surface area (Å²) in [5, 5.41) is 5.86. The molecule has 0 bridgehead atoms. The predicted octanol–water partition coefficient (Wildman–Crippen LogP) is 3.88. The van der Waals surface area contributed by atoms with E-state index in [1.807, 2.05) is 31.2 Å². The summed E-state index contributed by atoms with van der Waals surface area (Å²) in [6, 6.07) is 11.0. The average molecular weight is 341 g/mol. The molecule has 0 fully saturated rings. The molecule has 0 aliphatic rings. The first-order valence-corrected chi connectivity index (χ1v) is 8.79. The third-order valence-corrected chi connectivity index (χ3v) is 4.18. The lowest BCUT2D eigenvalue weighted by molar-refractivity contribution is 0.252. The summed E-state index contributed by atoms with van der Waals surface area (Å²) in [5.41, 5.74) is 3.10. The summed E-state index contributed by atoms with van der Waals surface area (Å²) < 4.78 is 1.68. The number of amides is 2. The Morgan fingerprint density at radius 2 is 1.92 bits per heavy atom. The fourth-order valence-electron chi connectivity index (χ4n) is 2.75. The van der Waals surface area contributed by atoms with Gasteiger partial charge in [-0.25, -0.2) is 4.79 Å². The maximum absolute atomic E-state index is 12.1. The predicted molar refractivity (Wildman–Crippen MR) is 102 cm³/mol. The van der Waals surface area contributed by atoms with E-state index in [0.717, 1.165) is 29.7 Å². The van der Waals surface area contributed by atoms with Crippen LogP contribution in [0.1, 0.15) is 43.7 Å². The molecule has 2 N–H and O–H groups in total. The molecule has 0 atom stereocenters. The Morgan fingerprint density at radius 3 is 2.64 bits per heavy atom. The average Bonchev–Trinajstić information content (AvgIpc) is 2.57. The third kappa shape index (κ3) is 5.48. The summed E-state index contributed by atoms with van der Waals surface area (Å²) in [7, 11) is 0. The van der Waals surface area contributed by atoms with E-state index in [4.69, 9.17) is 0 Å². The van der Waals surface area contributed by atoms with Crippen LogP contribution < -0.4 is 16.2 Å². The van der Waals surface area contributed by atoms with Gasteiger partial charge in [0.1, 0.15) is 0 Å². The SMILES string of the molecule is Cc1cccc(C(C)C)c1NC(=O)NCCCCn1ccccc1=O. The minimum absolute atomic E-state index is 0.00831. The van der Waals surface area contributed by atoms with Gasteiger partial charge in [0.05, 0.1) is 0 Å². The number of aromatic nitrogens is 1. The Bertz CT molecular complexity index is 766. The van der Waals surface area contributed by atoms with Crippen molar-refractivity contribution in [2.45, 2.75) is 46.1 Å². The van der Waals surface area contributed by atoms with E-state index < -0.39 is 0 Å². The van der Waals surface area contributed by atoms with E-state index in [2.05, 4.69) is 24.5 Å². The lowest BCUT2D eigenvalue weighted by Gasteiger charge is -2.16. The minimum atomic E-state index is -0.187. The first-order valence-electron chi connectivity index (χ1n) is 8.79. The van der Waals surface area contributed by atoms with Crippen LogP contribution in [0.3, 0.4) is 0 Å². The third-order valence-electron chi connectivity index (χ3n) is 4.18. The van der Waals surface area contributed by atoms with Gasteiger partial charge in [0.15, 0.2) is 0 Å². The molecule has 0 radical (unpaired) electrons. The monoisotopic (exact) mass is 341 g/mol. The van der Waals surface area contributed by atoms with Gasteiger partial charge in [-0.1, -0.05) is 38.1 Å². The van der Waals surface area contributed by atoms with Crippen LogP contribution >= 0.6 is 0 Å². The van der Waals surface area contributed by atoms with Gasteiger partial charge in [-0.05, 0) is 42.9 Å². The smallest absolute Gasteiger partial charge is 0.319 e. The van der Waals surface area contributed by atoms with Gasteiger partial charge < -0.3 is 15.2 Å². The van der Waals surface area contributed by atoms with Crippen molar-refractivity contribution in [3.8, 4) is 0 Å². The second kappa shape index (κ2) is 9.06. The zero-order valence-electron chi connectivity index (χ0n) is 15.2. The molecule has 0 spiro atoms. The first-order chi connectivity index (χ1) is 12.0. The molecular weight excluding hydrogens is 314 g/mol. The van der Waals surface area contributed by atoms with Gasteiger partial charge >= 0.3 is 6.03 Å². The summed E-state index contributed by atoms with van der Waals surface area (Å²) in [6.07, 6.45) is 3.44. The normalized spacial score (nSPS) is 10.7. The number of para-hydroxylation sites is 1. The van der Waals surface area contributed by atoms with Gasteiger partial charge in [-0.15, -0.1) is 0 Å². The van der Waals surface area contributed by atoms with Crippen LogP contribution in [0, 0.1) is 6.92 Å². The number of anilines is 1. The van der Waals surface area contributed by atoms with E-state index in [1.165, 1.54) is 0 Å². The molecule has 0 aliphatic carbocycles. The number of hydrogen-bond donors (Lipinski definition) is 2. The summed E-state index contributed by atoms with van der Waals surface area (Å²) in [6.45, 7) is 7.47. The molecule has 0 saturated carbocycles. The fraction of sp³-hybridized carbons (Fsp3) is 0.400. The van der Waals surface area contributed by atoms with Gasteiger partial charge in [-0.3, -0.25) is 4.79 Å². The lowest BCUT2D eigenvalue weighted by Crippen LogP contribution is -2.30. The van der Waals surface area contributed by atoms with Crippen molar-refractivity contribution in [1.29, 1.82) is 0 Å².